The molecule has 0 aliphatic rings. The Hall–Kier alpha value is -1.31. The van der Waals surface area contributed by atoms with Crippen molar-refractivity contribution in [1.29, 1.82) is 0 Å². The average molecular weight is 430 g/mol. The number of aldehydes is 1. The number of anilines is 1. The zero-order valence-electron chi connectivity index (χ0n) is 13.8. The summed E-state index contributed by atoms with van der Waals surface area (Å²) in [4.78, 5) is 13.8. The monoisotopic (exact) mass is 429 g/mol. The summed E-state index contributed by atoms with van der Waals surface area (Å²) in [6.07, 6.45) is 4.24. The highest BCUT2D eigenvalue weighted by molar-refractivity contribution is 9.09. The summed E-state index contributed by atoms with van der Waals surface area (Å²) in [7, 11) is 1.63. The van der Waals surface area contributed by atoms with E-state index in [1.165, 1.54) is 11.8 Å². The number of thioether (sulfide) groups is 1. The minimum atomic E-state index is 0.358. The second-order valence-electron chi connectivity index (χ2n) is 4.42. The second kappa shape index (κ2) is 11.3. The van der Waals surface area contributed by atoms with Gasteiger partial charge in [-0.2, -0.15) is 0 Å². The second-order valence-corrected chi connectivity index (χ2v) is 6.58. The molecule has 7 heteroatoms. The van der Waals surface area contributed by atoms with Gasteiger partial charge < -0.3 is 14.4 Å². The summed E-state index contributed by atoms with van der Waals surface area (Å²) < 4.78 is 11.1. The Labute approximate surface area is 161 Å². The maximum atomic E-state index is 11.3. The van der Waals surface area contributed by atoms with Crippen LogP contribution < -0.4 is 9.64 Å². The molecule has 0 N–H and O–H groups in total. The summed E-state index contributed by atoms with van der Waals surface area (Å²) in [5.41, 5.74) is 1.31. The molecule has 0 atom stereocenters. The normalized spacial score (nSPS) is 11.8. The lowest BCUT2D eigenvalue weighted by molar-refractivity contribution is -0.104. The molecule has 1 aromatic carbocycles. The zero-order chi connectivity index (χ0) is 17.9. The van der Waals surface area contributed by atoms with Gasteiger partial charge in [0.1, 0.15) is 21.3 Å². The van der Waals surface area contributed by atoms with Gasteiger partial charge in [0.15, 0.2) is 6.29 Å². The van der Waals surface area contributed by atoms with Crippen molar-refractivity contribution in [3.63, 3.8) is 0 Å². The van der Waals surface area contributed by atoms with Crippen LogP contribution in [0.2, 0.25) is 0 Å². The summed E-state index contributed by atoms with van der Waals surface area (Å²) in [6, 6.07) is 7.63. The standard InChI is InChI=1S/C17H20BrNO3S2/c1-4-14(22-12-18)10-16(11-20)24-17(23)19(5-2)13-6-8-15(21-3)9-7-13/h4,6-11H,5,12H2,1-3H3/b14-4-,16-10-. The number of benzene rings is 1. The van der Waals surface area contributed by atoms with Crippen molar-refractivity contribution in [2.24, 2.45) is 0 Å². The van der Waals surface area contributed by atoms with Crippen molar-refractivity contribution in [1.82, 2.24) is 0 Å². The van der Waals surface area contributed by atoms with Gasteiger partial charge in [-0.15, -0.1) is 0 Å². The van der Waals surface area contributed by atoms with E-state index in [9.17, 15) is 4.79 Å². The highest BCUT2D eigenvalue weighted by atomic mass is 79.9. The molecule has 0 radical (unpaired) electrons. The average Bonchev–Trinajstić information content (AvgIpc) is 2.61. The zero-order valence-corrected chi connectivity index (χ0v) is 17.0. The molecule has 0 aromatic heterocycles. The Morgan fingerprint density at radius 2 is 2.04 bits per heavy atom. The topological polar surface area (TPSA) is 38.8 Å². The molecule has 1 rings (SSSR count). The highest BCUT2D eigenvalue weighted by Crippen LogP contribution is 2.26. The lowest BCUT2D eigenvalue weighted by atomic mass is 10.3. The van der Waals surface area contributed by atoms with Crippen LogP contribution in [0, 0.1) is 0 Å². The minimum absolute atomic E-state index is 0.358. The fraction of sp³-hybridized carbons (Fsp3) is 0.294. The van der Waals surface area contributed by atoms with Crippen molar-refractivity contribution in [3.8, 4) is 5.75 Å². The number of rotatable bonds is 8. The summed E-state index contributed by atoms with van der Waals surface area (Å²) >= 11 is 9.94. The molecular weight excluding hydrogens is 410 g/mol. The maximum Gasteiger partial charge on any atom is 0.156 e. The van der Waals surface area contributed by atoms with E-state index in [0.717, 1.165) is 17.7 Å². The molecule has 0 heterocycles. The number of carbonyl (C=O) groups is 1. The van der Waals surface area contributed by atoms with E-state index in [1.807, 2.05) is 43.0 Å². The van der Waals surface area contributed by atoms with E-state index >= 15 is 0 Å². The molecule has 130 valence electrons. The van der Waals surface area contributed by atoms with E-state index in [-0.39, 0.29) is 0 Å². The smallest absolute Gasteiger partial charge is 0.156 e. The lowest BCUT2D eigenvalue weighted by Gasteiger charge is -2.23. The molecule has 0 aliphatic heterocycles. The number of hydrogen-bond acceptors (Lipinski definition) is 5. The molecule has 1 aromatic rings. The molecule has 0 unspecified atom stereocenters. The molecule has 0 bridgehead atoms. The third-order valence-electron chi connectivity index (χ3n) is 3.03. The van der Waals surface area contributed by atoms with Crippen LogP contribution in [-0.4, -0.2) is 29.8 Å². The van der Waals surface area contributed by atoms with Gasteiger partial charge in [-0.3, -0.25) is 4.79 Å². The Bertz CT molecular complexity index is 615. The first-order valence-corrected chi connectivity index (χ1v) is 9.59. The molecule has 0 fully saturated rings. The molecule has 0 saturated heterocycles. The molecule has 24 heavy (non-hydrogen) atoms. The first kappa shape index (κ1) is 20.7. The van der Waals surface area contributed by atoms with Gasteiger partial charge in [-0.25, -0.2) is 0 Å². The van der Waals surface area contributed by atoms with Crippen LogP contribution in [0.5, 0.6) is 5.75 Å². The molecular formula is C17H20BrNO3S2. The summed E-state index contributed by atoms with van der Waals surface area (Å²) in [5, 5.41) is 0. The first-order chi connectivity index (χ1) is 11.6. The number of ether oxygens (including phenoxy) is 2. The van der Waals surface area contributed by atoms with Gasteiger partial charge in [-0.05, 0) is 66.2 Å². The maximum absolute atomic E-state index is 11.3. The van der Waals surface area contributed by atoms with Crippen LogP contribution >= 0.6 is 39.9 Å². The SMILES string of the molecule is C/C=C(/C=C(/C=O)SC(=S)N(CC)c1ccc(OC)cc1)OCBr. The molecule has 0 saturated carbocycles. The number of allylic oxidation sites excluding steroid dienone is 3. The van der Waals surface area contributed by atoms with Crippen molar-refractivity contribution >= 4 is 56.2 Å². The van der Waals surface area contributed by atoms with Gasteiger partial charge in [0.25, 0.3) is 0 Å². The predicted octanol–water partition coefficient (Wildman–Crippen LogP) is 4.90. The fourth-order valence-electron chi connectivity index (χ4n) is 1.83. The quantitative estimate of drug-likeness (QED) is 0.146. The van der Waals surface area contributed by atoms with Gasteiger partial charge in [0.05, 0.1) is 12.0 Å². The Morgan fingerprint density at radius 3 is 2.50 bits per heavy atom. The Kier molecular flexibility index (Phi) is 9.75. The number of alkyl halides is 1. The van der Waals surface area contributed by atoms with Crippen LogP contribution in [0.1, 0.15) is 13.8 Å². The summed E-state index contributed by atoms with van der Waals surface area (Å²) in [5.74, 6) is 1.39. The van der Waals surface area contributed by atoms with Crippen molar-refractivity contribution in [3.05, 3.63) is 47.1 Å². The van der Waals surface area contributed by atoms with Crippen LogP contribution in [-0.2, 0) is 9.53 Å². The molecule has 0 aliphatic carbocycles. The third kappa shape index (κ3) is 6.30. The van der Waals surface area contributed by atoms with Gasteiger partial charge >= 0.3 is 0 Å². The predicted molar refractivity (Wildman–Crippen MR) is 109 cm³/mol. The molecule has 4 nitrogen and oxygen atoms in total. The van der Waals surface area contributed by atoms with E-state index in [1.54, 1.807) is 19.3 Å². The molecule has 0 spiro atoms. The summed E-state index contributed by atoms with van der Waals surface area (Å²) in [6.45, 7) is 4.54. The molecule has 0 amide bonds. The first-order valence-electron chi connectivity index (χ1n) is 7.24. The lowest BCUT2D eigenvalue weighted by Crippen LogP contribution is -2.26. The van der Waals surface area contributed by atoms with Crippen LogP contribution in [0.3, 0.4) is 0 Å². The number of methoxy groups -OCH3 is 1. The van der Waals surface area contributed by atoms with Crippen molar-refractivity contribution < 1.29 is 14.3 Å². The number of thiocarbonyl (C=S) groups is 1. The van der Waals surface area contributed by atoms with Gasteiger partial charge in [0.2, 0.25) is 0 Å². The van der Waals surface area contributed by atoms with Crippen molar-refractivity contribution in [2.45, 2.75) is 13.8 Å². The van der Waals surface area contributed by atoms with E-state index in [0.29, 0.717) is 27.0 Å². The van der Waals surface area contributed by atoms with Crippen LogP contribution in [0.4, 0.5) is 5.69 Å². The third-order valence-corrected chi connectivity index (χ3v) is 4.58. The minimum Gasteiger partial charge on any atom is -0.497 e. The van der Waals surface area contributed by atoms with E-state index < -0.39 is 0 Å². The number of nitrogens with zero attached hydrogens (tertiary/aromatic N) is 1. The van der Waals surface area contributed by atoms with Gasteiger partial charge in [-0.1, -0.05) is 24.0 Å². The fourth-order valence-corrected chi connectivity index (χ4v) is 3.39. The van der Waals surface area contributed by atoms with Crippen molar-refractivity contribution in [2.75, 3.05) is 24.1 Å². The van der Waals surface area contributed by atoms with E-state index in [2.05, 4.69) is 15.9 Å². The van der Waals surface area contributed by atoms with Gasteiger partial charge in [0, 0.05) is 12.2 Å². The number of carbonyl (C=O) groups excluding carboxylic acids is 1. The Balaban J connectivity index is 2.91. The van der Waals surface area contributed by atoms with E-state index in [4.69, 9.17) is 21.7 Å². The van der Waals surface area contributed by atoms with Crippen LogP contribution in [0.15, 0.2) is 47.1 Å². The number of halogens is 1. The largest absolute Gasteiger partial charge is 0.497 e. The number of hydrogen-bond donors (Lipinski definition) is 0. The highest BCUT2D eigenvalue weighted by Gasteiger charge is 2.13. The van der Waals surface area contributed by atoms with Crippen LogP contribution in [0.25, 0.3) is 0 Å². The Morgan fingerprint density at radius 1 is 1.38 bits per heavy atom.